The fourth-order valence-corrected chi connectivity index (χ4v) is 2.03. The summed E-state index contributed by atoms with van der Waals surface area (Å²) in [6.07, 6.45) is -4.77. The molecule has 0 unspecified atom stereocenters. The van der Waals surface area contributed by atoms with Gasteiger partial charge in [-0.05, 0) is 11.1 Å². The Morgan fingerprint density at radius 3 is 1.62 bits per heavy atom. The van der Waals surface area contributed by atoms with E-state index in [2.05, 4.69) is 0 Å². The van der Waals surface area contributed by atoms with E-state index in [1.54, 1.807) is 12.1 Å². The van der Waals surface area contributed by atoms with Crippen LogP contribution < -0.4 is 0 Å². The van der Waals surface area contributed by atoms with Crippen LogP contribution in [-0.2, 0) is 4.79 Å². The number of halogens is 3. The standard InChI is InChI=1S/C16H11F3O2/c17-16(18,19)14(12-9-5-2-6-10-12)13(15(20)21)11-7-3-1-4-8-11/h1-10H,(H,20,21). The maximum atomic E-state index is 13.4. The van der Waals surface area contributed by atoms with Gasteiger partial charge >= 0.3 is 12.1 Å². The number of benzene rings is 2. The van der Waals surface area contributed by atoms with E-state index in [0.717, 1.165) is 0 Å². The van der Waals surface area contributed by atoms with Crippen LogP contribution in [0.15, 0.2) is 60.7 Å². The maximum Gasteiger partial charge on any atom is 0.417 e. The van der Waals surface area contributed by atoms with Gasteiger partial charge in [0.2, 0.25) is 0 Å². The van der Waals surface area contributed by atoms with E-state index in [-0.39, 0.29) is 11.1 Å². The number of rotatable bonds is 3. The molecule has 0 heterocycles. The van der Waals surface area contributed by atoms with Crippen LogP contribution in [0.3, 0.4) is 0 Å². The van der Waals surface area contributed by atoms with Crippen LogP contribution >= 0.6 is 0 Å². The van der Waals surface area contributed by atoms with Crippen molar-refractivity contribution >= 4 is 17.1 Å². The molecule has 0 atom stereocenters. The van der Waals surface area contributed by atoms with Gasteiger partial charge in [-0.2, -0.15) is 13.2 Å². The monoisotopic (exact) mass is 292 g/mol. The number of carboxylic acid groups (broad SMARTS) is 1. The summed E-state index contributed by atoms with van der Waals surface area (Å²) in [5.41, 5.74) is -2.07. The molecule has 21 heavy (non-hydrogen) atoms. The first-order valence-corrected chi connectivity index (χ1v) is 6.07. The molecule has 0 aliphatic rings. The molecule has 2 aromatic carbocycles. The first-order valence-electron chi connectivity index (χ1n) is 6.07. The molecule has 0 spiro atoms. The first-order chi connectivity index (χ1) is 9.91. The molecule has 2 rings (SSSR count). The highest BCUT2D eigenvalue weighted by molar-refractivity contribution is 6.24. The average molecular weight is 292 g/mol. The van der Waals surface area contributed by atoms with Crippen molar-refractivity contribution in [2.75, 3.05) is 0 Å². The Kier molecular flexibility index (Phi) is 4.12. The number of aliphatic carboxylic acids is 1. The van der Waals surface area contributed by atoms with Crippen molar-refractivity contribution < 1.29 is 23.1 Å². The Morgan fingerprint density at radius 1 is 0.810 bits per heavy atom. The van der Waals surface area contributed by atoms with Gasteiger partial charge in [0.25, 0.3) is 0 Å². The number of carbonyl (C=O) groups is 1. The third kappa shape index (κ3) is 3.31. The Hall–Kier alpha value is -2.56. The van der Waals surface area contributed by atoms with Crippen molar-refractivity contribution in [3.05, 3.63) is 71.8 Å². The van der Waals surface area contributed by atoms with Crippen LogP contribution in [0.2, 0.25) is 0 Å². The van der Waals surface area contributed by atoms with E-state index in [1.807, 2.05) is 0 Å². The van der Waals surface area contributed by atoms with Gasteiger partial charge in [-0.15, -0.1) is 0 Å². The summed E-state index contributed by atoms with van der Waals surface area (Å²) >= 11 is 0. The average Bonchev–Trinajstić information content (AvgIpc) is 2.44. The van der Waals surface area contributed by atoms with Crippen molar-refractivity contribution in [2.45, 2.75) is 6.18 Å². The molecule has 0 bridgehead atoms. The molecule has 0 aliphatic carbocycles. The minimum absolute atomic E-state index is 0.0150. The van der Waals surface area contributed by atoms with Crippen LogP contribution in [0.1, 0.15) is 11.1 Å². The van der Waals surface area contributed by atoms with E-state index in [0.29, 0.717) is 0 Å². The van der Waals surface area contributed by atoms with Gasteiger partial charge in [0.1, 0.15) is 0 Å². The minimum Gasteiger partial charge on any atom is -0.478 e. The van der Waals surface area contributed by atoms with E-state index in [1.165, 1.54) is 48.5 Å². The molecule has 0 aliphatic heterocycles. The molecule has 0 saturated heterocycles. The summed E-state index contributed by atoms with van der Waals surface area (Å²) in [4.78, 5) is 11.4. The van der Waals surface area contributed by atoms with Gasteiger partial charge in [-0.25, -0.2) is 4.79 Å². The predicted molar refractivity (Wildman–Crippen MR) is 73.4 cm³/mol. The zero-order valence-corrected chi connectivity index (χ0v) is 10.8. The topological polar surface area (TPSA) is 37.3 Å². The number of hydrogen-bond acceptors (Lipinski definition) is 1. The Bertz CT molecular complexity index is 659. The van der Waals surface area contributed by atoms with Gasteiger partial charge in [0.15, 0.2) is 0 Å². The fourth-order valence-electron chi connectivity index (χ4n) is 2.03. The normalized spacial score (nSPS) is 12.7. The van der Waals surface area contributed by atoms with Crippen LogP contribution in [0.4, 0.5) is 13.2 Å². The third-order valence-corrected chi connectivity index (χ3v) is 2.87. The summed E-state index contributed by atoms with van der Waals surface area (Å²) in [6.45, 7) is 0. The van der Waals surface area contributed by atoms with E-state index >= 15 is 0 Å². The molecular formula is C16H11F3O2. The lowest BCUT2D eigenvalue weighted by atomic mass is 9.94. The lowest BCUT2D eigenvalue weighted by Gasteiger charge is -2.16. The van der Waals surface area contributed by atoms with E-state index in [9.17, 15) is 23.1 Å². The van der Waals surface area contributed by atoms with Gasteiger partial charge in [0.05, 0.1) is 11.1 Å². The van der Waals surface area contributed by atoms with Crippen molar-refractivity contribution in [3.63, 3.8) is 0 Å². The molecule has 0 aromatic heterocycles. The second-order valence-electron chi connectivity index (χ2n) is 4.28. The zero-order chi connectivity index (χ0) is 15.5. The second kappa shape index (κ2) is 5.83. The van der Waals surface area contributed by atoms with Crippen LogP contribution in [-0.4, -0.2) is 17.3 Å². The van der Waals surface area contributed by atoms with Gasteiger partial charge < -0.3 is 5.11 Å². The Labute approximate surface area is 119 Å². The zero-order valence-electron chi connectivity index (χ0n) is 10.8. The summed E-state index contributed by atoms with van der Waals surface area (Å²) < 4.78 is 40.1. The smallest absolute Gasteiger partial charge is 0.417 e. The SMILES string of the molecule is O=C(O)C(=C(c1ccccc1)C(F)(F)F)c1ccccc1. The molecule has 5 heteroatoms. The van der Waals surface area contributed by atoms with Crippen molar-refractivity contribution in [3.8, 4) is 0 Å². The van der Waals surface area contributed by atoms with Gasteiger partial charge in [-0.1, -0.05) is 60.7 Å². The first kappa shape index (κ1) is 14.8. The second-order valence-corrected chi connectivity index (χ2v) is 4.28. The molecule has 2 aromatic rings. The summed E-state index contributed by atoms with van der Waals surface area (Å²) in [6, 6.07) is 14.2. The highest BCUT2D eigenvalue weighted by Crippen LogP contribution is 2.39. The molecule has 0 saturated carbocycles. The largest absolute Gasteiger partial charge is 0.478 e. The van der Waals surface area contributed by atoms with Gasteiger partial charge in [-0.3, -0.25) is 0 Å². The number of alkyl halides is 3. The molecule has 0 fully saturated rings. The molecule has 0 amide bonds. The van der Waals surface area contributed by atoms with Crippen LogP contribution in [0, 0.1) is 0 Å². The van der Waals surface area contributed by atoms with Gasteiger partial charge in [0, 0.05) is 0 Å². The van der Waals surface area contributed by atoms with E-state index in [4.69, 9.17) is 0 Å². The lowest BCUT2D eigenvalue weighted by molar-refractivity contribution is -0.130. The molecule has 1 N–H and O–H groups in total. The van der Waals surface area contributed by atoms with E-state index < -0.39 is 23.3 Å². The molecule has 0 radical (unpaired) electrons. The van der Waals surface area contributed by atoms with Crippen LogP contribution in [0.25, 0.3) is 11.1 Å². The predicted octanol–water partition coefficient (Wildman–Crippen LogP) is 4.24. The van der Waals surface area contributed by atoms with Crippen molar-refractivity contribution in [1.29, 1.82) is 0 Å². The van der Waals surface area contributed by atoms with Crippen molar-refractivity contribution in [1.82, 2.24) is 0 Å². The third-order valence-electron chi connectivity index (χ3n) is 2.87. The summed E-state index contributed by atoms with van der Waals surface area (Å²) in [5.74, 6) is -1.61. The Morgan fingerprint density at radius 2 is 1.24 bits per heavy atom. The number of hydrogen-bond donors (Lipinski definition) is 1. The minimum atomic E-state index is -4.77. The fraction of sp³-hybridized carbons (Fsp3) is 0.0625. The summed E-state index contributed by atoms with van der Waals surface area (Å²) in [5, 5.41) is 9.26. The van der Waals surface area contributed by atoms with Crippen molar-refractivity contribution in [2.24, 2.45) is 0 Å². The Balaban J connectivity index is 2.79. The molecule has 2 nitrogen and oxygen atoms in total. The number of carboxylic acids is 1. The highest BCUT2D eigenvalue weighted by Gasteiger charge is 2.39. The molecule has 108 valence electrons. The summed E-state index contributed by atoms with van der Waals surface area (Å²) in [7, 11) is 0. The highest BCUT2D eigenvalue weighted by atomic mass is 19.4. The maximum absolute atomic E-state index is 13.4. The quantitative estimate of drug-likeness (QED) is 0.678. The molecular weight excluding hydrogens is 281 g/mol. The van der Waals surface area contributed by atoms with Crippen LogP contribution in [0.5, 0.6) is 0 Å². The number of allylic oxidation sites excluding steroid dienone is 1. The lowest BCUT2D eigenvalue weighted by Crippen LogP contribution is -2.16.